The van der Waals surface area contributed by atoms with Crippen LogP contribution in [0.5, 0.6) is 0 Å². The largest absolute Gasteiger partial charge is 0.376 e. The van der Waals surface area contributed by atoms with Gasteiger partial charge in [-0.1, -0.05) is 5.92 Å². The van der Waals surface area contributed by atoms with Crippen molar-refractivity contribution in [2.45, 2.75) is 44.2 Å². The number of likely N-dealkylation sites (tertiary alicyclic amines) is 1. The zero-order valence-electron chi connectivity index (χ0n) is 13.9. The Morgan fingerprint density at radius 3 is 2.74 bits per heavy atom. The highest BCUT2D eigenvalue weighted by molar-refractivity contribution is 7.99. The quantitative estimate of drug-likeness (QED) is 0.717. The third kappa shape index (κ3) is 4.43. The van der Waals surface area contributed by atoms with Crippen molar-refractivity contribution in [3.63, 3.8) is 0 Å². The third-order valence-corrected chi connectivity index (χ3v) is 6.45. The topological polar surface area (TPSA) is 32.8 Å². The first kappa shape index (κ1) is 17.1. The molecule has 0 aromatic carbocycles. The number of piperidine rings is 1. The maximum Gasteiger partial charge on any atom is 0.226 e. The maximum atomic E-state index is 13.1. The van der Waals surface area contributed by atoms with E-state index in [1.165, 1.54) is 5.75 Å². The summed E-state index contributed by atoms with van der Waals surface area (Å²) in [6.07, 6.45) is 10.9. The van der Waals surface area contributed by atoms with Gasteiger partial charge in [0.25, 0.3) is 0 Å². The van der Waals surface area contributed by atoms with Crippen molar-refractivity contribution in [1.82, 2.24) is 9.80 Å². The molecule has 3 aliphatic rings. The van der Waals surface area contributed by atoms with Crippen LogP contribution < -0.4 is 0 Å². The van der Waals surface area contributed by atoms with E-state index in [1.807, 2.05) is 11.8 Å². The number of nitrogens with zero attached hydrogens (tertiary/aromatic N) is 2. The lowest BCUT2D eigenvalue weighted by atomic mass is 9.94. The van der Waals surface area contributed by atoms with E-state index < -0.39 is 0 Å². The van der Waals surface area contributed by atoms with E-state index in [0.29, 0.717) is 18.5 Å². The SMILES string of the molecule is C#CCN1CCC(C(=O)N(C[C@@H]2CCCO2)[C@@H]2CCSC2)CC1. The molecule has 0 bridgehead atoms. The molecule has 3 saturated heterocycles. The molecule has 0 N–H and O–H groups in total. The van der Waals surface area contributed by atoms with E-state index in [-0.39, 0.29) is 12.0 Å². The van der Waals surface area contributed by atoms with Gasteiger partial charge < -0.3 is 9.64 Å². The first-order valence-corrected chi connectivity index (χ1v) is 10.1. The number of ether oxygens (including phenoxy) is 1. The van der Waals surface area contributed by atoms with Crippen LogP contribution in [0, 0.1) is 18.3 Å². The normalized spacial score (nSPS) is 29.5. The van der Waals surface area contributed by atoms with Crippen LogP contribution in [0.1, 0.15) is 32.1 Å². The van der Waals surface area contributed by atoms with Crippen LogP contribution in [0.15, 0.2) is 0 Å². The number of carbonyl (C=O) groups excluding carboxylic acids is 1. The van der Waals surface area contributed by atoms with Crippen molar-refractivity contribution in [2.24, 2.45) is 5.92 Å². The van der Waals surface area contributed by atoms with Gasteiger partial charge in [0.15, 0.2) is 0 Å². The Hall–Kier alpha value is -0.700. The van der Waals surface area contributed by atoms with E-state index in [9.17, 15) is 4.79 Å². The molecule has 0 unspecified atom stereocenters. The zero-order chi connectivity index (χ0) is 16.1. The van der Waals surface area contributed by atoms with Gasteiger partial charge in [-0.3, -0.25) is 9.69 Å². The first-order chi connectivity index (χ1) is 11.3. The molecule has 23 heavy (non-hydrogen) atoms. The van der Waals surface area contributed by atoms with E-state index in [4.69, 9.17) is 11.2 Å². The Morgan fingerprint density at radius 1 is 1.30 bits per heavy atom. The van der Waals surface area contributed by atoms with E-state index in [2.05, 4.69) is 15.7 Å². The average molecular weight is 337 g/mol. The van der Waals surface area contributed by atoms with Gasteiger partial charge >= 0.3 is 0 Å². The number of thioether (sulfide) groups is 1. The monoisotopic (exact) mass is 336 g/mol. The summed E-state index contributed by atoms with van der Waals surface area (Å²) in [6.45, 7) is 4.27. The Kier molecular flexibility index (Phi) is 6.27. The van der Waals surface area contributed by atoms with Gasteiger partial charge in [0.2, 0.25) is 5.91 Å². The van der Waals surface area contributed by atoms with Crippen LogP contribution in [0.2, 0.25) is 0 Å². The predicted octanol–water partition coefficient (Wildman–Crippen LogP) is 1.84. The molecule has 4 nitrogen and oxygen atoms in total. The fourth-order valence-corrected chi connectivity index (χ4v) is 5.12. The molecule has 3 rings (SSSR count). The molecule has 2 atom stereocenters. The molecular formula is C18H28N2O2S. The minimum absolute atomic E-state index is 0.177. The lowest BCUT2D eigenvalue weighted by Gasteiger charge is -2.37. The molecule has 1 amide bonds. The van der Waals surface area contributed by atoms with Crippen LogP contribution in [0.4, 0.5) is 0 Å². The van der Waals surface area contributed by atoms with Crippen molar-refractivity contribution < 1.29 is 9.53 Å². The van der Waals surface area contributed by atoms with Crippen LogP contribution >= 0.6 is 11.8 Å². The molecular weight excluding hydrogens is 308 g/mol. The number of hydrogen-bond donors (Lipinski definition) is 0. The second kappa shape index (κ2) is 8.41. The van der Waals surface area contributed by atoms with Crippen LogP contribution in [-0.4, -0.2) is 72.1 Å². The summed E-state index contributed by atoms with van der Waals surface area (Å²) in [5.74, 6) is 5.53. The van der Waals surface area contributed by atoms with Gasteiger partial charge in [0.05, 0.1) is 12.6 Å². The van der Waals surface area contributed by atoms with E-state index in [0.717, 1.165) is 64.1 Å². The van der Waals surface area contributed by atoms with Gasteiger partial charge in [-0.05, 0) is 50.9 Å². The smallest absolute Gasteiger partial charge is 0.226 e. The van der Waals surface area contributed by atoms with Crippen molar-refractivity contribution >= 4 is 17.7 Å². The minimum atomic E-state index is 0.177. The Morgan fingerprint density at radius 2 is 2.13 bits per heavy atom. The van der Waals surface area contributed by atoms with Crippen molar-refractivity contribution in [2.75, 3.05) is 44.3 Å². The van der Waals surface area contributed by atoms with Crippen LogP contribution in [-0.2, 0) is 9.53 Å². The Balaban J connectivity index is 1.59. The predicted molar refractivity (Wildman–Crippen MR) is 94.4 cm³/mol. The highest BCUT2D eigenvalue weighted by Crippen LogP contribution is 2.28. The molecule has 128 valence electrons. The standard InChI is InChI=1S/C18H28N2O2S/c1-2-8-19-9-5-15(6-10-19)18(21)20(16-7-12-23-14-16)13-17-4-3-11-22-17/h1,15-17H,3-14H2/t16-,17+/m1/s1. The molecule has 0 radical (unpaired) electrons. The lowest BCUT2D eigenvalue weighted by molar-refractivity contribution is -0.140. The number of carbonyl (C=O) groups is 1. The lowest BCUT2D eigenvalue weighted by Crippen LogP contribution is -2.49. The third-order valence-electron chi connectivity index (χ3n) is 5.31. The molecule has 5 heteroatoms. The average Bonchev–Trinajstić information content (AvgIpc) is 3.26. The highest BCUT2D eigenvalue weighted by atomic mass is 32.2. The summed E-state index contributed by atoms with van der Waals surface area (Å²) in [4.78, 5) is 17.6. The molecule has 0 spiro atoms. The molecule has 3 fully saturated rings. The summed E-state index contributed by atoms with van der Waals surface area (Å²) in [6, 6.07) is 0.417. The summed E-state index contributed by atoms with van der Waals surface area (Å²) in [5.41, 5.74) is 0. The highest BCUT2D eigenvalue weighted by Gasteiger charge is 2.35. The van der Waals surface area contributed by atoms with Crippen molar-refractivity contribution in [3.8, 4) is 12.3 Å². The molecule has 3 heterocycles. The Labute approximate surface area is 144 Å². The zero-order valence-corrected chi connectivity index (χ0v) is 14.7. The van der Waals surface area contributed by atoms with Gasteiger partial charge in [0, 0.05) is 30.9 Å². The van der Waals surface area contributed by atoms with Gasteiger partial charge in [0.1, 0.15) is 0 Å². The molecule has 0 aliphatic carbocycles. The molecule has 0 aromatic rings. The van der Waals surface area contributed by atoms with Gasteiger partial charge in [-0.15, -0.1) is 6.42 Å². The fourth-order valence-electron chi connectivity index (χ4n) is 3.90. The molecule has 3 aliphatic heterocycles. The summed E-state index contributed by atoms with van der Waals surface area (Å²) in [7, 11) is 0. The second-order valence-corrected chi connectivity index (χ2v) is 8.05. The van der Waals surface area contributed by atoms with Gasteiger partial charge in [-0.25, -0.2) is 0 Å². The van der Waals surface area contributed by atoms with Crippen LogP contribution in [0.3, 0.4) is 0 Å². The van der Waals surface area contributed by atoms with E-state index >= 15 is 0 Å². The summed E-state index contributed by atoms with van der Waals surface area (Å²) < 4.78 is 5.80. The van der Waals surface area contributed by atoms with Gasteiger partial charge in [-0.2, -0.15) is 11.8 Å². The molecule has 0 aromatic heterocycles. The number of rotatable bonds is 5. The number of amides is 1. The van der Waals surface area contributed by atoms with Crippen molar-refractivity contribution in [1.29, 1.82) is 0 Å². The summed E-state index contributed by atoms with van der Waals surface area (Å²) >= 11 is 1.97. The maximum absolute atomic E-state index is 13.1. The number of terminal acetylenes is 1. The fraction of sp³-hybridized carbons (Fsp3) is 0.833. The summed E-state index contributed by atoms with van der Waals surface area (Å²) in [5, 5.41) is 0. The second-order valence-electron chi connectivity index (χ2n) is 6.90. The van der Waals surface area contributed by atoms with Crippen molar-refractivity contribution in [3.05, 3.63) is 0 Å². The Bertz CT molecular complexity index is 431. The van der Waals surface area contributed by atoms with Crippen LogP contribution in [0.25, 0.3) is 0 Å². The minimum Gasteiger partial charge on any atom is -0.376 e. The number of hydrogen-bond acceptors (Lipinski definition) is 4. The molecule has 0 saturated carbocycles. The first-order valence-electron chi connectivity index (χ1n) is 8.93. The van der Waals surface area contributed by atoms with E-state index in [1.54, 1.807) is 0 Å².